The van der Waals surface area contributed by atoms with Crippen LogP contribution in [-0.2, 0) is 9.47 Å². The van der Waals surface area contributed by atoms with Crippen molar-refractivity contribution in [3.8, 4) is 0 Å². The third-order valence-electron chi connectivity index (χ3n) is 1.30. The molecule has 0 radical (unpaired) electrons. The zero-order valence-corrected chi connectivity index (χ0v) is 7.80. The maximum atomic E-state index is 5.35. The number of ether oxygens (including phenoxy) is 2. The summed E-state index contributed by atoms with van der Waals surface area (Å²) in [6, 6.07) is 0. The molecule has 2 heteroatoms. The van der Waals surface area contributed by atoms with Crippen LogP contribution in [0.25, 0.3) is 0 Å². The van der Waals surface area contributed by atoms with E-state index in [1.165, 1.54) is 0 Å². The maximum absolute atomic E-state index is 5.35. The van der Waals surface area contributed by atoms with Crippen LogP contribution in [0.3, 0.4) is 0 Å². The minimum absolute atomic E-state index is 0.624. The molecule has 68 valence electrons. The van der Waals surface area contributed by atoms with E-state index in [-0.39, 0.29) is 0 Å². The largest absolute Gasteiger partial charge is 0.493 e. The molecule has 12 heavy (non-hydrogen) atoms. The first-order valence-corrected chi connectivity index (χ1v) is 3.96. The highest BCUT2D eigenvalue weighted by molar-refractivity contribution is 5.21. The van der Waals surface area contributed by atoms with Crippen molar-refractivity contribution in [2.24, 2.45) is 0 Å². The van der Waals surface area contributed by atoms with E-state index in [1.54, 1.807) is 19.3 Å². The van der Waals surface area contributed by atoms with Crippen LogP contribution < -0.4 is 0 Å². The highest BCUT2D eigenvalue weighted by Crippen LogP contribution is 2.09. The summed E-state index contributed by atoms with van der Waals surface area (Å²) in [6.07, 6.45) is 4.19. The molecule has 0 N–H and O–H groups in total. The number of hydrogen-bond donors (Lipinski definition) is 0. The van der Waals surface area contributed by atoms with Gasteiger partial charge in [0, 0.05) is 0 Å². The molecule has 0 spiro atoms. The van der Waals surface area contributed by atoms with E-state index < -0.39 is 0 Å². The average Bonchev–Trinajstić information content (AvgIpc) is 2.12. The summed E-state index contributed by atoms with van der Waals surface area (Å²) in [7, 11) is 1.58. The van der Waals surface area contributed by atoms with Crippen molar-refractivity contribution in [1.29, 1.82) is 0 Å². The van der Waals surface area contributed by atoms with E-state index in [1.807, 2.05) is 6.92 Å². The fourth-order valence-electron chi connectivity index (χ4n) is 0.727. The number of allylic oxidation sites excluding steroid dienone is 2. The molecule has 2 nitrogen and oxygen atoms in total. The van der Waals surface area contributed by atoms with E-state index in [2.05, 4.69) is 13.2 Å². The van der Waals surface area contributed by atoms with E-state index >= 15 is 0 Å². The molecular weight excluding hydrogens is 152 g/mol. The zero-order valence-electron chi connectivity index (χ0n) is 7.80. The van der Waals surface area contributed by atoms with E-state index in [0.29, 0.717) is 18.1 Å². The Bertz CT molecular complexity index is 180. The van der Waals surface area contributed by atoms with Gasteiger partial charge in [-0.05, 0) is 18.6 Å². The van der Waals surface area contributed by atoms with Crippen LogP contribution in [0, 0.1) is 0 Å². The van der Waals surface area contributed by atoms with E-state index in [4.69, 9.17) is 9.47 Å². The summed E-state index contributed by atoms with van der Waals surface area (Å²) in [5.41, 5.74) is 0. The van der Waals surface area contributed by atoms with Crippen LogP contribution in [0.15, 0.2) is 36.8 Å². The Hall–Kier alpha value is -1.18. The van der Waals surface area contributed by atoms with Gasteiger partial charge >= 0.3 is 0 Å². The Morgan fingerprint density at radius 3 is 2.17 bits per heavy atom. The maximum Gasteiger partial charge on any atom is 0.160 e. The molecule has 0 aromatic heterocycles. The first-order valence-electron chi connectivity index (χ1n) is 3.96. The first kappa shape index (κ1) is 10.8. The van der Waals surface area contributed by atoms with Crippen molar-refractivity contribution in [2.45, 2.75) is 13.3 Å². The first-order chi connectivity index (χ1) is 5.79. The monoisotopic (exact) mass is 168 g/mol. The molecule has 0 aliphatic rings. The Morgan fingerprint density at radius 1 is 1.25 bits per heavy atom. The molecule has 0 saturated heterocycles. The van der Waals surface area contributed by atoms with Gasteiger partial charge in [0.15, 0.2) is 11.5 Å². The lowest BCUT2D eigenvalue weighted by molar-refractivity contribution is 0.194. The average molecular weight is 168 g/mol. The topological polar surface area (TPSA) is 18.5 Å². The van der Waals surface area contributed by atoms with Crippen LogP contribution in [0.2, 0.25) is 0 Å². The second-order valence-corrected chi connectivity index (χ2v) is 2.19. The molecule has 0 aromatic rings. The fraction of sp³-hybridized carbons (Fsp3) is 0.400. The second-order valence-electron chi connectivity index (χ2n) is 2.19. The van der Waals surface area contributed by atoms with Gasteiger partial charge in [0.05, 0.1) is 13.7 Å². The minimum Gasteiger partial charge on any atom is -0.493 e. The molecule has 0 amide bonds. The fourth-order valence-corrected chi connectivity index (χ4v) is 0.727. The molecule has 0 unspecified atom stereocenters. The van der Waals surface area contributed by atoms with Gasteiger partial charge in [0.25, 0.3) is 0 Å². The smallest absolute Gasteiger partial charge is 0.160 e. The van der Waals surface area contributed by atoms with Crippen molar-refractivity contribution in [2.75, 3.05) is 13.7 Å². The third-order valence-corrected chi connectivity index (χ3v) is 1.30. The van der Waals surface area contributed by atoms with Gasteiger partial charge in [-0.3, -0.25) is 0 Å². The Balaban J connectivity index is 4.34. The molecule has 0 heterocycles. The van der Waals surface area contributed by atoms with Gasteiger partial charge in [-0.25, -0.2) is 0 Å². The van der Waals surface area contributed by atoms with Gasteiger partial charge in [-0.15, -0.1) is 0 Å². The third kappa shape index (κ3) is 3.28. The normalized spacial score (nSPS) is 11.5. The summed E-state index contributed by atoms with van der Waals surface area (Å²) in [6.45, 7) is 9.93. The van der Waals surface area contributed by atoms with Crippen molar-refractivity contribution >= 4 is 0 Å². The minimum atomic E-state index is 0.624. The molecule has 0 rings (SSSR count). The lowest BCUT2D eigenvalue weighted by atomic mass is 10.4. The molecule has 0 aliphatic heterocycles. The number of methoxy groups -OCH3 is 1. The molecular formula is C10H16O2. The Kier molecular flexibility index (Phi) is 5.88. The predicted molar refractivity (Wildman–Crippen MR) is 50.7 cm³/mol. The summed E-state index contributed by atoms with van der Waals surface area (Å²) in [5.74, 6) is 1.27. The van der Waals surface area contributed by atoms with E-state index in [9.17, 15) is 0 Å². The summed E-state index contributed by atoms with van der Waals surface area (Å²) in [5, 5.41) is 0. The Labute approximate surface area is 74.2 Å². The number of hydrogen-bond acceptors (Lipinski definition) is 2. The summed E-state index contributed by atoms with van der Waals surface area (Å²) < 4.78 is 10.4. The van der Waals surface area contributed by atoms with Gasteiger partial charge in [-0.1, -0.05) is 20.1 Å². The highest BCUT2D eigenvalue weighted by atomic mass is 16.5. The predicted octanol–water partition coefficient (Wildman–Crippen LogP) is 2.64. The van der Waals surface area contributed by atoms with Crippen LogP contribution in [-0.4, -0.2) is 13.7 Å². The standard InChI is InChI=1S/C10H16O2/c1-5-8-12-10(7-3)9(6-2)11-4/h6-7H,2-3,5,8H2,1,4H3/b10-9-. The van der Waals surface area contributed by atoms with Gasteiger partial charge in [-0.2, -0.15) is 0 Å². The SMILES string of the molecule is C=C/C(OC)=C(\C=C)OCCC. The molecule has 0 fully saturated rings. The lowest BCUT2D eigenvalue weighted by Crippen LogP contribution is -1.96. The highest BCUT2D eigenvalue weighted by Gasteiger charge is 1.99. The van der Waals surface area contributed by atoms with Crippen LogP contribution in [0.4, 0.5) is 0 Å². The van der Waals surface area contributed by atoms with Gasteiger partial charge in [0.2, 0.25) is 0 Å². The van der Waals surface area contributed by atoms with Crippen LogP contribution in [0.1, 0.15) is 13.3 Å². The lowest BCUT2D eigenvalue weighted by Gasteiger charge is -2.08. The molecule has 0 atom stereocenters. The van der Waals surface area contributed by atoms with Crippen LogP contribution in [0.5, 0.6) is 0 Å². The van der Waals surface area contributed by atoms with Gasteiger partial charge < -0.3 is 9.47 Å². The quantitative estimate of drug-likeness (QED) is 0.448. The molecule has 0 bridgehead atoms. The second kappa shape index (κ2) is 6.53. The summed E-state index contributed by atoms with van der Waals surface area (Å²) >= 11 is 0. The van der Waals surface area contributed by atoms with Gasteiger partial charge in [0.1, 0.15) is 0 Å². The zero-order chi connectivity index (χ0) is 9.40. The van der Waals surface area contributed by atoms with Crippen molar-refractivity contribution in [3.05, 3.63) is 36.8 Å². The molecule has 0 saturated carbocycles. The van der Waals surface area contributed by atoms with Crippen LogP contribution >= 0.6 is 0 Å². The Morgan fingerprint density at radius 2 is 1.83 bits per heavy atom. The van der Waals surface area contributed by atoms with Crippen molar-refractivity contribution in [1.82, 2.24) is 0 Å². The molecule has 0 aromatic carbocycles. The molecule has 0 aliphatic carbocycles. The number of rotatable bonds is 6. The summed E-state index contributed by atoms with van der Waals surface area (Å²) in [4.78, 5) is 0. The van der Waals surface area contributed by atoms with Crippen molar-refractivity contribution in [3.63, 3.8) is 0 Å². The van der Waals surface area contributed by atoms with E-state index in [0.717, 1.165) is 6.42 Å². The van der Waals surface area contributed by atoms with Crippen molar-refractivity contribution < 1.29 is 9.47 Å².